The molecule has 4 atom stereocenters. The standard InChI is InChI=1S/C30H40F3N3O6S.C6H10.C4H10.4C2H6.CHF3/c1-18(2)15-23(27(38)35-24-16-36(17-25(24)37)28(39)42-29(3,4)5)34-26(30(31,32)33)21-9-7-19(8-10-21)20-11-13-22(14-12-20)43(6,40)41;1-4-5-6(2)3;1-4(2)3;4*1-2;2-1(3)4/h7-14,18,23-26,34,37H,15-17H2,1-6H3,(H,35,38);4-5H,2H2,1,3H3;4H,1-3H3;4*1-2H3;1H/b;5-4-;;;;;;/t23-,24?,25?,26?;;;;;;;/m0......./s1. The van der Waals surface area contributed by atoms with Crippen LogP contribution in [0.1, 0.15) is 143 Å². The number of carbonyl (C=O) groups excluding carboxylic acids is 2. The van der Waals surface area contributed by atoms with Crippen LogP contribution in [0.4, 0.5) is 31.1 Å². The third-order valence-corrected chi connectivity index (χ3v) is 8.43. The van der Waals surface area contributed by atoms with Crippen molar-refractivity contribution in [1.82, 2.24) is 15.5 Å². The summed E-state index contributed by atoms with van der Waals surface area (Å²) >= 11 is 0. The maximum Gasteiger partial charge on any atom is 0.410 e. The summed E-state index contributed by atoms with van der Waals surface area (Å²) in [5.74, 6) is -0.0261. The zero-order chi connectivity index (χ0) is 52.5. The first-order chi connectivity index (χ1) is 30.0. The second-order valence-corrected chi connectivity index (χ2v) is 17.7. The lowest BCUT2D eigenvalue weighted by atomic mass is 9.97. The number of aliphatic hydroxyl groups is 1. The highest BCUT2D eigenvalue weighted by atomic mass is 32.2. The van der Waals surface area contributed by atoms with Gasteiger partial charge in [0.25, 0.3) is 0 Å². The molecular weight excluding hydrogens is 873 g/mol. The Hall–Kier alpha value is -3.89. The number of allylic oxidation sites excluding steroid dienone is 3. The van der Waals surface area contributed by atoms with Crippen LogP contribution in [0.25, 0.3) is 11.1 Å². The summed E-state index contributed by atoms with van der Waals surface area (Å²) in [4.78, 5) is 27.1. The Morgan fingerprint density at radius 1 is 0.846 bits per heavy atom. The highest BCUT2D eigenvalue weighted by molar-refractivity contribution is 7.90. The summed E-state index contributed by atoms with van der Waals surface area (Å²) in [6, 6.07) is 7.35. The van der Waals surface area contributed by atoms with Crippen molar-refractivity contribution in [3.63, 3.8) is 0 Å². The fourth-order valence-corrected chi connectivity index (χ4v) is 5.67. The molecule has 0 aromatic heterocycles. The number of rotatable bonds is 10. The largest absolute Gasteiger partial charge is 0.444 e. The summed E-state index contributed by atoms with van der Waals surface area (Å²) in [7, 11) is -3.39. The lowest BCUT2D eigenvalue weighted by molar-refractivity contribution is -0.161. The Morgan fingerprint density at radius 2 is 1.25 bits per heavy atom. The van der Waals surface area contributed by atoms with Gasteiger partial charge in [0.15, 0.2) is 9.84 Å². The molecule has 9 nitrogen and oxygen atoms in total. The number of ether oxygens (including phenoxy) is 1. The van der Waals surface area contributed by atoms with Crippen LogP contribution < -0.4 is 10.6 Å². The molecule has 0 spiro atoms. The van der Waals surface area contributed by atoms with Gasteiger partial charge in [-0.2, -0.15) is 26.3 Å². The first-order valence-corrected chi connectivity index (χ1v) is 24.3. The van der Waals surface area contributed by atoms with Crippen LogP contribution in [0, 0.1) is 11.8 Å². The summed E-state index contributed by atoms with van der Waals surface area (Å²) in [6.07, 6.45) is -1.40. The van der Waals surface area contributed by atoms with Crippen LogP contribution in [0.3, 0.4) is 0 Å². The van der Waals surface area contributed by atoms with Gasteiger partial charge in [0.2, 0.25) is 5.91 Å². The van der Waals surface area contributed by atoms with Crippen molar-refractivity contribution in [2.75, 3.05) is 19.3 Å². The van der Waals surface area contributed by atoms with Crippen molar-refractivity contribution in [3.8, 4) is 11.1 Å². The van der Waals surface area contributed by atoms with Crippen LogP contribution >= 0.6 is 0 Å². The first kappa shape index (κ1) is 70.1. The number of likely N-dealkylation sites (tertiary alicyclic amines) is 1. The number of amides is 2. The van der Waals surface area contributed by atoms with Gasteiger partial charge in [0.1, 0.15) is 11.6 Å². The highest BCUT2D eigenvalue weighted by Gasteiger charge is 2.44. The minimum absolute atomic E-state index is 0.0501. The number of nitrogens with zero attached hydrogens (tertiary/aromatic N) is 1. The Balaban J connectivity index is -0.000000458. The normalized spacial score (nSPS) is 15.1. The molecule has 1 heterocycles. The third kappa shape index (κ3) is 35.0. The van der Waals surface area contributed by atoms with Crippen LogP contribution in [-0.2, 0) is 19.4 Å². The molecule has 3 rings (SSSR count). The number of benzene rings is 2. The zero-order valence-electron chi connectivity index (χ0n) is 42.8. The number of halogens is 6. The number of hydrogen-bond donors (Lipinski definition) is 3. The molecular formula is C49H85F6N3O6S. The van der Waals surface area contributed by atoms with Crippen molar-refractivity contribution in [1.29, 1.82) is 0 Å². The summed E-state index contributed by atoms with van der Waals surface area (Å²) < 4.78 is 101. The van der Waals surface area contributed by atoms with Gasteiger partial charge in [0.05, 0.1) is 29.6 Å². The van der Waals surface area contributed by atoms with Crippen molar-refractivity contribution >= 4 is 21.8 Å². The SMILES string of the molecule is C=C(C)/C=C\C.CC.CC.CC.CC.CC(C)C.CC(C)C[C@H](NC(c1ccc(-c2ccc(S(C)(=O)=O)cc2)cc1)C(F)(F)F)C(=O)NC1CN(C(=O)OC(C)(C)C)CC1O.FC(F)F. The van der Waals surface area contributed by atoms with Crippen LogP contribution in [0.15, 0.2) is 77.7 Å². The number of alkyl halides is 6. The van der Waals surface area contributed by atoms with E-state index in [0.29, 0.717) is 11.1 Å². The number of β-amino-alcohol motifs (C(OH)–C–C–N with tert-alkyl or cyclic N) is 1. The summed E-state index contributed by atoms with van der Waals surface area (Å²) in [5.41, 5.74) is 1.46. The monoisotopic (exact) mass is 958 g/mol. The molecule has 3 N–H and O–H groups in total. The molecule has 1 saturated heterocycles. The molecule has 2 aromatic carbocycles. The second kappa shape index (κ2) is 37.2. The molecule has 0 bridgehead atoms. The molecule has 3 unspecified atom stereocenters. The number of carbonyl (C=O) groups is 2. The molecule has 0 saturated carbocycles. The first-order valence-electron chi connectivity index (χ1n) is 22.4. The average Bonchev–Trinajstić information content (AvgIpc) is 3.57. The van der Waals surface area contributed by atoms with E-state index in [1.807, 2.05) is 81.4 Å². The minimum Gasteiger partial charge on any atom is -0.444 e. The van der Waals surface area contributed by atoms with Gasteiger partial charge in [-0.05, 0) is 81.7 Å². The molecule has 2 aromatic rings. The smallest absolute Gasteiger partial charge is 0.410 e. The topological polar surface area (TPSA) is 125 Å². The lowest BCUT2D eigenvalue weighted by Crippen LogP contribution is -2.54. The third-order valence-electron chi connectivity index (χ3n) is 7.30. The van der Waals surface area contributed by atoms with E-state index in [9.17, 15) is 49.5 Å². The predicted octanol–water partition coefficient (Wildman–Crippen LogP) is 13.5. The highest BCUT2D eigenvalue weighted by Crippen LogP contribution is 2.35. The van der Waals surface area contributed by atoms with Crippen molar-refractivity contribution in [3.05, 3.63) is 78.4 Å². The lowest BCUT2D eigenvalue weighted by Gasteiger charge is -2.29. The van der Waals surface area contributed by atoms with E-state index >= 15 is 0 Å². The maximum absolute atomic E-state index is 14.3. The molecule has 1 aliphatic rings. The number of nitrogens with one attached hydrogen (secondary N) is 2. The second-order valence-electron chi connectivity index (χ2n) is 15.6. The van der Waals surface area contributed by atoms with E-state index in [4.69, 9.17) is 4.74 Å². The van der Waals surface area contributed by atoms with Gasteiger partial charge in [-0.25, -0.2) is 13.2 Å². The zero-order valence-corrected chi connectivity index (χ0v) is 43.6. The van der Waals surface area contributed by atoms with E-state index in [0.717, 1.165) is 17.7 Å². The summed E-state index contributed by atoms with van der Waals surface area (Å²) in [5, 5.41) is 15.6. The van der Waals surface area contributed by atoms with E-state index in [-0.39, 0.29) is 35.9 Å². The number of hydrogen-bond acceptors (Lipinski definition) is 7. The Bertz CT molecular complexity index is 1650. The number of sulfone groups is 1. The summed E-state index contributed by atoms with van der Waals surface area (Å²) in [6.45, 7) is 35.0. The van der Waals surface area contributed by atoms with Gasteiger partial charge in [-0.1, -0.05) is 151 Å². The van der Waals surface area contributed by atoms with Gasteiger partial charge >= 0.3 is 18.9 Å². The Morgan fingerprint density at radius 3 is 1.55 bits per heavy atom. The van der Waals surface area contributed by atoms with Crippen LogP contribution in [0.2, 0.25) is 0 Å². The van der Waals surface area contributed by atoms with Gasteiger partial charge in [-0.3, -0.25) is 10.1 Å². The minimum atomic E-state index is -4.74. The fourth-order valence-electron chi connectivity index (χ4n) is 5.04. The molecule has 380 valence electrons. The molecule has 16 heteroatoms. The van der Waals surface area contributed by atoms with Gasteiger partial charge in [0, 0.05) is 12.8 Å². The van der Waals surface area contributed by atoms with Crippen molar-refractivity contribution in [2.24, 2.45) is 11.8 Å². The maximum atomic E-state index is 14.3. The predicted molar refractivity (Wildman–Crippen MR) is 259 cm³/mol. The number of aliphatic hydroxyl groups excluding tert-OH is 1. The Kier molecular flexibility index (Phi) is 40.2. The molecule has 65 heavy (non-hydrogen) atoms. The van der Waals surface area contributed by atoms with Crippen LogP contribution in [0.5, 0.6) is 0 Å². The molecule has 2 amide bonds. The molecule has 1 fully saturated rings. The van der Waals surface area contributed by atoms with Crippen LogP contribution in [-0.4, -0.2) is 86.4 Å². The molecule has 0 aliphatic carbocycles. The van der Waals surface area contributed by atoms with E-state index in [1.54, 1.807) is 46.8 Å². The fraction of sp³-hybridized carbons (Fsp3) is 0.633. The molecule has 1 aliphatic heterocycles. The van der Waals surface area contributed by atoms with Crippen molar-refractivity contribution in [2.45, 2.75) is 179 Å². The average molecular weight is 958 g/mol. The van der Waals surface area contributed by atoms with E-state index < -0.39 is 64.5 Å². The van der Waals surface area contributed by atoms with Gasteiger partial charge in [-0.15, -0.1) is 0 Å². The quantitative estimate of drug-likeness (QED) is 0.160. The van der Waals surface area contributed by atoms with Gasteiger partial charge < -0.3 is 20.1 Å². The molecule has 0 radical (unpaired) electrons. The Labute approximate surface area is 389 Å². The van der Waals surface area contributed by atoms with Crippen molar-refractivity contribution < 1.29 is 54.2 Å². The van der Waals surface area contributed by atoms with E-state index in [1.165, 1.54) is 41.3 Å². The van der Waals surface area contributed by atoms with E-state index in [2.05, 4.69) is 38.0 Å².